The Labute approximate surface area is 117 Å². The molecule has 19 heavy (non-hydrogen) atoms. The molecule has 0 bridgehead atoms. The largest absolute Gasteiger partial charge is 0.382 e. The normalized spacial score (nSPS) is 24.0. The molecule has 0 spiro atoms. The number of nitrogens with zero attached hydrogens (tertiary/aromatic N) is 2. The molecule has 1 aromatic heterocycles. The highest BCUT2D eigenvalue weighted by molar-refractivity contribution is 7.89. The Morgan fingerprint density at radius 2 is 2.26 bits per heavy atom. The van der Waals surface area contributed by atoms with E-state index >= 15 is 0 Å². The summed E-state index contributed by atoms with van der Waals surface area (Å²) in [6.45, 7) is 2.42. The molecule has 0 aliphatic carbocycles. The van der Waals surface area contributed by atoms with Crippen molar-refractivity contribution in [3.8, 4) is 0 Å². The van der Waals surface area contributed by atoms with Crippen molar-refractivity contribution >= 4 is 27.4 Å². The standard InChI is InChI=1S/C11H16ClN3O3S/c1-7-10(3-4-18-7)15(2)19(16,17)8-5-9(12)11(13)14-6-8/h5-7,10H,3-4H2,1-2H3,(H2,13,14). The Morgan fingerprint density at radius 3 is 2.79 bits per heavy atom. The molecule has 0 aromatic carbocycles. The second kappa shape index (κ2) is 5.24. The summed E-state index contributed by atoms with van der Waals surface area (Å²) >= 11 is 5.82. The maximum atomic E-state index is 12.5. The van der Waals surface area contributed by atoms with Crippen LogP contribution in [0.5, 0.6) is 0 Å². The SMILES string of the molecule is CC1OCCC1N(C)S(=O)(=O)c1cnc(N)c(Cl)c1. The predicted octanol–water partition coefficient (Wildman–Crippen LogP) is 1.12. The van der Waals surface area contributed by atoms with Crippen LogP contribution in [0.2, 0.25) is 5.02 Å². The summed E-state index contributed by atoms with van der Waals surface area (Å²) in [5.41, 5.74) is 5.48. The molecule has 0 amide bonds. The third-order valence-electron chi connectivity index (χ3n) is 3.32. The molecule has 1 aliphatic heterocycles. The van der Waals surface area contributed by atoms with Gasteiger partial charge in [0.05, 0.1) is 17.2 Å². The molecule has 2 atom stereocenters. The Balaban J connectivity index is 2.33. The Morgan fingerprint density at radius 1 is 1.58 bits per heavy atom. The Kier molecular flexibility index (Phi) is 4.00. The van der Waals surface area contributed by atoms with E-state index in [1.807, 2.05) is 6.92 Å². The third-order valence-corrected chi connectivity index (χ3v) is 5.48. The molecule has 2 unspecified atom stereocenters. The number of sulfonamides is 1. The number of likely N-dealkylation sites (N-methyl/N-ethyl adjacent to an activating group) is 1. The van der Waals surface area contributed by atoms with Gasteiger partial charge in [-0.2, -0.15) is 4.31 Å². The lowest BCUT2D eigenvalue weighted by Crippen LogP contribution is -2.40. The van der Waals surface area contributed by atoms with Gasteiger partial charge >= 0.3 is 0 Å². The van der Waals surface area contributed by atoms with Gasteiger partial charge < -0.3 is 10.5 Å². The second-order valence-electron chi connectivity index (χ2n) is 4.49. The number of halogens is 1. The van der Waals surface area contributed by atoms with Gasteiger partial charge in [-0.15, -0.1) is 0 Å². The smallest absolute Gasteiger partial charge is 0.244 e. The zero-order valence-electron chi connectivity index (χ0n) is 10.7. The van der Waals surface area contributed by atoms with Crippen LogP contribution >= 0.6 is 11.6 Å². The lowest BCUT2D eigenvalue weighted by molar-refractivity contribution is 0.102. The van der Waals surface area contributed by atoms with E-state index in [0.29, 0.717) is 13.0 Å². The van der Waals surface area contributed by atoms with E-state index in [9.17, 15) is 8.42 Å². The third kappa shape index (κ3) is 2.69. The molecule has 1 fully saturated rings. The van der Waals surface area contributed by atoms with Crippen molar-refractivity contribution in [2.75, 3.05) is 19.4 Å². The van der Waals surface area contributed by atoms with Gasteiger partial charge in [0.15, 0.2) is 0 Å². The molecule has 1 aromatic rings. The van der Waals surface area contributed by atoms with Gasteiger partial charge in [0.2, 0.25) is 10.0 Å². The van der Waals surface area contributed by atoms with Crippen molar-refractivity contribution in [1.29, 1.82) is 0 Å². The first kappa shape index (κ1) is 14.5. The van der Waals surface area contributed by atoms with Crippen molar-refractivity contribution in [1.82, 2.24) is 9.29 Å². The highest BCUT2D eigenvalue weighted by atomic mass is 35.5. The lowest BCUT2D eigenvalue weighted by atomic mass is 10.2. The minimum atomic E-state index is -3.64. The number of hydrogen-bond donors (Lipinski definition) is 1. The number of aromatic nitrogens is 1. The second-order valence-corrected chi connectivity index (χ2v) is 6.90. The van der Waals surface area contributed by atoms with Gasteiger partial charge in [-0.3, -0.25) is 0 Å². The van der Waals surface area contributed by atoms with Crippen LogP contribution in [0.1, 0.15) is 13.3 Å². The molecule has 2 heterocycles. The van der Waals surface area contributed by atoms with Crippen LogP contribution in [0.15, 0.2) is 17.2 Å². The predicted molar refractivity (Wildman–Crippen MR) is 72.4 cm³/mol. The fourth-order valence-corrected chi connectivity index (χ4v) is 3.76. The number of pyridine rings is 1. The van der Waals surface area contributed by atoms with E-state index in [1.165, 1.54) is 23.6 Å². The van der Waals surface area contributed by atoms with Crippen molar-refractivity contribution in [3.63, 3.8) is 0 Å². The first-order valence-corrected chi connectivity index (χ1v) is 7.66. The van der Waals surface area contributed by atoms with Gasteiger partial charge in [0.1, 0.15) is 10.7 Å². The van der Waals surface area contributed by atoms with E-state index in [4.69, 9.17) is 22.1 Å². The highest BCUT2D eigenvalue weighted by Gasteiger charge is 2.35. The Bertz CT molecular complexity index is 579. The van der Waals surface area contributed by atoms with Crippen LogP contribution in [-0.4, -0.2) is 43.5 Å². The van der Waals surface area contributed by atoms with E-state index in [-0.39, 0.29) is 27.9 Å². The molecular weight excluding hydrogens is 290 g/mol. The van der Waals surface area contributed by atoms with Crippen LogP contribution in [0.25, 0.3) is 0 Å². The van der Waals surface area contributed by atoms with Crippen LogP contribution in [-0.2, 0) is 14.8 Å². The summed E-state index contributed by atoms with van der Waals surface area (Å²) in [7, 11) is -2.11. The van der Waals surface area contributed by atoms with Crippen molar-refractivity contribution in [3.05, 3.63) is 17.3 Å². The van der Waals surface area contributed by atoms with Gasteiger partial charge in [-0.1, -0.05) is 11.6 Å². The maximum Gasteiger partial charge on any atom is 0.244 e. The average molecular weight is 306 g/mol. The van der Waals surface area contributed by atoms with E-state index < -0.39 is 10.0 Å². The number of anilines is 1. The van der Waals surface area contributed by atoms with Crippen LogP contribution in [0.3, 0.4) is 0 Å². The van der Waals surface area contributed by atoms with Crippen LogP contribution < -0.4 is 5.73 Å². The number of nitrogen functional groups attached to an aromatic ring is 1. The molecule has 8 heteroatoms. The lowest BCUT2D eigenvalue weighted by Gasteiger charge is -2.25. The summed E-state index contributed by atoms with van der Waals surface area (Å²) < 4.78 is 31.6. The molecule has 1 saturated heterocycles. The van der Waals surface area contributed by atoms with Crippen molar-refractivity contribution in [2.24, 2.45) is 0 Å². The topological polar surface area (TPSA) is 85.5 Å². The zero-order chi connectivity index (χ0) is 14.2. The molecule has 106 valence electrons. The highest BCUT2D eigenvalue weighted by Crippen LogP contribution is 2.26. The Hall–Kier alpha value is -0.890. The quantitative estimate of drug-likeness (QED) is 0.904. The zero-order valence-corrected chi connectivity index (χ0v) is 12.3. The molecule has 0 radical (unpaired) electrons. The fraction of sp³-hybridized carbons (Fsp3) is 0.545. The van der Waals surface area contributed by atoms with Gasteiger partial charge in [0.25, 0.3) is 0 Å². The fourth-order valence-electron chi connectivity index (χ4n) is 2.11. The molecule has 2 rings (SSSR count). The minimum absolute atomic E-state index is 0.0355. The number of hydrogen-bond acceptors (Lipinski definition) is 5. The first-order valence-electron chi connectivity index (χ1n) is 5.84. The van der Waals surface area contributed by atoms with E-state index in [2.05, 4.69) is 4.98 Å². The van der Waals surface area contributed by atoms with Gasteiger partial charge in [-0.05, 0) is 19.4 Å². The van der Waals surface area contributed by atoms with E-state index in [1.54, 1.807) is 0 Å². The number of rotatable bonds is 3. The van der Waals surface area contributed by atoms with Crippen molar-refractivity contribution in [2.45, 2.75) is 30.4 Å². The monoisotopic (exact) mass is 305 g/mol. The molecule has 0 saturated carbocycles. The van der Waals surface area contributed by atoms with Gasteiger partial charge in [-0.25, -0.2) is 13.4 Å². The van der Waals surface area contributed by atoms with Crippen LogP contribution in [0, 0.1) is 0 Å². The molecule has 6 nitrogen and oxygen atoms in total. The minimum Gasteiger partial charge on any atom is -0.382 e. The first-order chi connectivity index (χ1) is 8.84. The average Bonchev–Trinajstić information content (AvgIpc) is 2.77. The molecule has 1 aliphatic rings. The van der Waals surface area contributed by atoms with Crippen molar-refractivity contribution < 1.29 is 13.2 Å². The maximum absolute atomic E-state index is 12.5. The summed E-state index contributed by atoms with van der Waals surface area (Å²) in [5, 5.41) is 0.130. The summed E-state index contributed by atoms with van der Waals surface area (Å²) in [4.78, 5) is 3.82. The summed E-state index contributed by atoms with van der Waals surface area (Å²) in [6, 6.07) is 1.14. The summed E-state index contributed by atoms with van der Waals surface area (Å²) in [6.07, 6.45) is 1.76. The summed E-state index contributed by atoms with van der Waals surface area (Å²) in [5.74, 6) is 0.112. The number of ether oxygens (including phenoxy) is 1. The molecule has 2 N–H and O–H groups in total. The van der Waals surface area contributed by atoms with Crippen LogP contribution in [0.4, 0.5) is 5.82 Å². The van der Waals surface area contributed by atoms with E-state index in [0.717, 1.165) is 0 Å². The van der Waals surface area contributed by atoms with Gasteiger partial charge in [0, 0.05) is 19.9 Å². The number of nitrogens with two attached hydrogens (primary N) is 1. The molecular formula is C11H16ClN3O3S.